The summed E-state index contributed by atoms with van der Waals surface area (Å²) in [7, 11) is 0. The second kappa shape index (κ2) is 6.49. The summed E-state index contributed by atoms with van der Waals surface area (Å²) in [6, 6.07) is 6.15. The van der Waals surface area contributed by atoms with Crippen LogP contribution in [0.25, 0.3) is 17.7 Å². The van der Waals surface area contributed by atoms with Gasteiger partial charge in [0.2, 0.25) is 0 Å². The molecule has 0 saturated heterocycles. The van der Waals surface area contributed by atoms with Crippen molar-refractivity contribution in [2.75, 3.05) is 0 Å². The van der Waals surface area contributed by atoms with Crippen LogP contribution in [0.2, 0.25) is 0 Å². The summed E-state index contributed by atoms with van der Waals surface area (Å²) in [5.74, 6) is 0. The van der Waals surface area contributed by atoms with Gasteiger partial charge in [0.1, 0.15) is 0 Å². The molecule has 0 aliphatic heterocycles. The molecular formula is C17H18. The minimum absolute atomic E-state index is 1.09. The number of rotatable bonds is 5. The molecule has 0 bridgehead atoms. The van der Waals surface area contributed by atoms with E-state index in [0.29, 0.717) is 0 Å². The van der Waals surface area contributed by atoms with E-state index in [1.807, 2.05) is 43.4 Å². The van der Waals surface area contributed by atoms with Crippen LogP contribution in [-0.2, 0) is 0 Å². The first-order valence-corrected chi connectivity index (χ1v) is 5.62. The van der Waals surface area contributed by atoms with Gasteiger partial charge in [-0.1, -0.05) is 74.4 Å². The maximum absolute atomic E-state index is 3.88. The Morgan fingerprint density at radius 1 is 1.12 bits per heavy atom. The topological polar surface area (TPSA) is 0 Å². The molecule has 0 aliphatic rings. The summed E-state index contributed by atoms with van der Waals surface area (Å²) >= 11 is 0. The molecule has 0 aromatic heterocycles. The van der Waals surface area contributed by atoms with Crippen LogP contribution in [0.4, 0.5) is 0 Å². The van der Waals surface area contributed by atoms with Gasteiger partial charge in [-0.2, -0.15) is 0 Å². The number of hydrogen-bond acceptors (Lipinski definition) is 0. The lowest BCUT2D eigenvalue weighted by Crippen LogP contribution is -1.90. The van der Waals surface area contributed by atoms with Crippen molar-refractivity contribution in [3.63, 3.8) is 0 Å². The van der Waals surface area contributed by atoms with E-state index in [2.05, 4.69) is 31.9 Å². The van der Waals surface area contributed by atoms with Crippen LogP contribution in [-0.4, -0.2) is 0 Å². The molecule has 0 nitrogen and oxygen atoms in total. The van der Waals surface area contributed by atoms with Crippen molar-refractivity contribution in [2.45, 2.75) is 6.92 Å². The van der Waals surface area contributed by atoms with Gasteiger partial charge in [-0.3, -0.25) is 0 Å². The molecule has 0 N–H and O–H groups in total. The van der Waals surface area contributed by atoms with Crippen molar-refractivity contribution >= 4 is 17.7 Å². The quantitative estimate of drug-likeness (QED) is 0.607. The Bertz CT molecular complexity index is 485. The molecule has 0 heterocycles. The lowest BCUT2D eigenvalue weighted by atomic mass is 9.94. The predicted octanol–water partition coefficient (Wildman–Crippen LogP) is 5.12. The average molecular weight is 222 g/mol. The summed E-state index contributed by atoms with van der Waals surface area (Å²) in [6.45, 7) is 13.5. The molecule has 1 aromatic rings. The Hall–Kier alpha value is -2.08. The lowest BCUT2D eigenvalue weighted by Gasteiger charge is -2.10. The first kappa shape index (κ1) is 13.0. The van der Waals surface area contributed by atoms with Crippen LogP contribution in [0.5, 0.6) is 0 Å². The highest BCUT2D eigenvalue weighted by atomic mass is 14.1. The Labute approximate surface area is 104 Å². The van der Waals surface area contributed by atoms with Crippen molar-refractivity contribution in [1.82, 2.24) is 0 Å². The van der Waals surface area contributed by atoms with Crippen LogP contribution >= 0.6 is 0 Å². The fraction of sp³-hybridized carbons (Fsp3) is 0.0588. The number of allylic oxidation sites excluding steroid dienone is 5. The second-order valence-electron chi connectivity index (χ2n) is 3.57. The van der Waals surface area contributed by atoms with Crippen LogP contribution in [0.15, 0.2) is 62.2 Å². The summed E-state index contributed by atoms with van der Waals surface area (Å²) in [4.78, 5) is 0. The molecule has 17 heavy (non-hydrogen) atoms. The standard InChI is InChI=1S/C17H18/c1-5-10-15(11-6-2)17-13-9-12-14(7-3)16(17)8-4/h5-13H,1,3-4H2,2H3/b11-6-,15-10+. The zero-order valence-corrected chi connectivity index (χ0v) is 10.3. The smallest absolute Gasteiger partial charge is 0.0106 e. The van der Waals surface area contributed by atoms with Crippen LogP contribution in [0.3, 0.4) is 0 Å². The highest BCUT2D eigenvalue weighted by molar-refractivity contribution is 5.83. The van der Waals surface area contributed by atoms with E-state index in [1.165, 1.54) is 0 Å². The largest absolute Gasteiger partial charge is 0.0990 e. The Balaban J connectivity index is 3.47. The Kier molecular flexibility index (Phi) is 4.96. The van der Waals surface area contributed by atoms with Crippen molar-refractivity contribution in [1.29, 1.82) is 0 Å². The van der Waals surface area contributed by atoms with Gasteiger partial charge >= 0.3 is 0 Å². The number of hydrogen-bond donors (Lipinski definition) is 0. The summed E-state index contributed by atoms with van der Waals surface area (Å²) in [5.41, 5.74) is 4.47. The van der Waals surface area contributed by atoms with Gasteiger partial charge in [-0.05, 0) is 29.2 Å². The Morgan fingerprint density at radius 2 is 1.88 bits per heavy atom. The van der Waals surface area contributed by atoms with Crippen LogP contribution in [0.1, 0.15) is 23.6 Å². The maximum Gasteiger partial charge on any atom is -0.0106 e. The third kappa shape index (κ3) is 2.94. The van der Waals surface area contributed by atoms with Gasteiger partial charge in [-0.15, -0.1) is 0 Å². The highest BCUT2D eigenvalue weighted by Gasteiger charge is 2.05. The fourth-order valence-corrected chi connectivity index (χ4v) is 1.78. The van der Waals surface area contributed by atoms with E-state index in [1.54, 1.807) is 6.08 Å². The van der Waals surface area contributed by atoms with E-state index in [4.69, 9.17) is 0 Å². The third-order valence-electron chi connectivity index (χ3n) is 2.52. The first-order valence-electron chi connectivity index (χ1n) is 5.62. The van der Waals surface area contributed by atoms with Gasteiger partial charge < -0.3 is 0 Å². The zero-order valence-electron chi connectivity index (χ0n) is 10.3. The highest BCUT2D eigenvalue weighted by Crippen LogP contribution is 2.25. The molecule has 1 aromatic carbocycles. The predicted molar refractivity (Wildman–Crippen MR) is 79.6 cm³/mol. The summed E-state index contributed by atoms with van der Waals surface area (Å²) < 4.78 is 0. The molecule has 0 radical (unpaired) electrons. The fourth-order valence-electron chi connectivity index (χ4n) is 1.78. The van der Waals surface area contributed by atoms with Crippen molar-refractivity contribution in [3.05, 3.63) is 78.9 Å². The summed E-state index contributed by atoms with van der Waals surface area (Å²) in [6.07, 6.45) is 11.6. The van der Waals surface area contributed by atoms with E-state index >= 15 is 0 Å². The summed E-state index contributed by atoms with van der Waals surface area (Å²) in [5, 5.41) is 0. The average Bonchev–Trinajstić information content (AvgIpc) is 2.37. The van der Waals surface area contributed by atoms with E-state index in [9.17, 15) is 0 Å². The van der Waals surface area contributed by atoms with Crippen LogP contribution < -0.4 is 0 Å². The minimum Gasteiger partial charge on any atom is -0.0990 e. The lowest BCUT2D eigenvalue weighted by molar-refractivity contribution is 1.54. The molecule has 0 fully saturated rings. The van der Waals surface area contributed by atoms with Crippen LogP contribution in [0, 0.1) is 0 Å². The third-order valence-corrected chi connectivity index (χ3v) is 2.52. The van der Waals surface area contributed by atoms with Crippen molar-refractivity contribution in [2.24, 2.45) is 0 Å². The molecule has 0 saturated carbocycles. The van der Waals surface area contributed by atoms with Gasteiger partial charge in [0.25, 0.3) is 0 Å². The molecule has 86 valence electrons. The van der Waals surface area contributed by atoms with Crippen molar-refractivity contribution in [3.8, 4) is 0 Å². The molecular weight excluding hydrogens is 204 g/mol. The van der Waals surface area contributed by atoms with E-state index < -0.39 is 0 Å². The molecule has 0 atom stereocenters. The molecule has 0 spiro atoms. The monoisotopic (exact) mass is 222 g/mol. The number of benzene rings is 1. The first-order chi connectivity index (χ1) is 8.28. The van der Waals surface area contributed by atoms with Gasteiger partial charge in [0.05, 0.1) is 0 Å². The van der Waals surface area contributed by atoms with Gasteiger partial charge in [-0.25, -0.2) is 0 Å². The van der Waals surface area contributed by atoms with Gasteiger partial charge in [0, 0.05) is 0 Å². The molecule has 0 heteroatoms. The zero-order chi connectivity index (χ0) is 12.7. The molecule has 0 amide bonds. The van der Waals surface area contributed by atoms with E-state index in [0.717, 1.165) is 22.3 Å². The SMILES string of the molecule is C=C/C=C(\C=C/C)c1cccc(C=C)c1C=C. The molecule has 1 rings (SSSR count). The normalized spacial score (nSPS) is 11.5. The van der Waals surface area contributed by atoms with Crippen molar-refractivity contribution < 1.29 is 0 Å². The Morgan fingerprint density at radius 3 is 2.41 bits per heavy atom. The molecule has 0 unspecified atom stereocenters. The second-order valence-corrected chi connectivity index (χ2v) is 3.57. The van der Waals surface area contributed by atoms with E-state index in [-0.39, 0.29) is 0 Å². The molecule has 0 aliphatic carbocycles. The van der Waals surface area contributed by atoms with Gasteiger partial charge in [0.15, 0.2) is 0 Å². The maximum atomic E-state index is 3.88. The minimum atomic E-state index is 1.09.